The summed E-state index contributed by atoms with van der Waals surface area (Å²) in [7, 11) is 6.72. The molecular weight excluding hydrogens is 1570 g/mol. The average Bonchev–Trinajstić information content (AvgIpc) is 1.72. The number of carbonyl (C=O) groups is 4. The Labute approximate surface area is 705 Å². The van der Waals surface area contributed by atoms with Gasteiger partial charge in [0.05, 0.1) is 106 Å². The van der Waals surface area contributed by atoms with E-state index in [1.54, 1.807) is 86.8 Å². The van der Waals surface area contributed by atoms with E-state index < -0.39 is 23.3 Å². The molecule has 11 aromatic carbocycles. The second kappa shape index (κ2) is 36.8. The zero-order chi connectivity index (χ0) is 85.4. The van der Waals surface area contributed by atoms with Crippen LogP contribution in [-0.2, 0) is 26.2 Å². The van der Waals surface area contributed by atoms with Crippen LogP contribution in [0.3, 0.4) is 0 Å². The summed E-state index contributed by atoms with van der Waals surface area (Å²) in [6.45, 7) is 3.48. The maximum atomic E-state index is 15.2. The number of fused-ring (bicyclic) bond motifs is 4. The van der Waals surface area contributed by atoms with Crippen molar-refractivity contribution in [2.45, 2.75) is 115 Å². The van der Waals surface area contributed by atoms with E-state index in [4.69, 9.17) is 23.7 Å². The van der Waals surface area contributed by atoms with Gasteiger partial charge >= 0.3 is 0 Å². The fraction of sp³-hybridized carbons (Fsp3) is 0.237. The molecule has 15 aromatic rings. The Morgan fingerprint density at radius 2 is 0.756 bits per heavy atom. The van der Waals surface area contributed by atoms with Crippen LogP contribution in [0.4, 0.5) is 22.0 Å². The number of para-hydroxylation sites is 2. The van der Waals surface area contributed by atoms with Crippen LogP contribution in [0.2, 0.25) is 0 Å². The fourth-order valence-electron chi connectivity index (χ4n) is 14.7. The molecule has 4 aromatic heterocycles. The van der Waals surface area contributed by atoms with Crippen LogP contribution in [-0.4, -0.2) is 143 Å². The summed E-state index contributed by atoms with van der Waals surface area (Å²) in [5.41, 5.74) is 11.1. The predicted octanol–water partition coefficient (Wildman–Crippen LogP) is 20.0. The quantitative estimate of drug-likeness (QED) is 0.0390. The smallest absolute Gasteiger partial charge is 0.254 e. The third-order valence-electron chi connectivity index (χ3n) is 21.8. The molecule has 26 heteroatoms. The Morgan fingerprint density at radius 1 is 0.350 bits per heavy atom. The number of nitrogens with zero attached hydrogens (tertiary/aromatic N) is 8. The van der Waals surface area contributed by atoms with Crippen LogP contribution in [0, 0.1) is 29.1 Å². The van der Waals surface area contributed by atoms with Crippen LogP contribution in [0.1, 0.15) is 128 Å². The molecule has 123 heavy (non-hydrogen) atoms. The van der Waals surface area contributed by atoms with Crippen molar-refractivity contribution in [1.29, 1.82) is 0 Å². The summed E-state index contributed by atoms with van der Waals surface area (Å²) in [5.74, 6) is -0.967. The van der Waals surface area contributed by atoms with Crippen LogP contribution in [0.25, 0.3) is 77.0 Å². The molecule has 4 aliphatic rings. The molecule has 0 saturated heterocycles. The van der Waals surface area contributed by atoms with E-state index >= 15 is 8.78 Å². The largest absolute Gasteiger partial charge is 0.490 e. The number of carbonyl (C=O) groups excluding carboxylic acids is 4. The highest BCUT2D eigenvalue weighted by molar-refractivity contribution is 5.99. The van der Waals surface area contributed by atoms with Crippen molar-refractivity contribution in [2.75, 3.05) is 34.8 Å². The Balaban J connectivity index is 0.000000122. The summed E-state index contributed by atoms with van der Waals surface area (Å²) in [6, 6.07) is 60.5. The van der Waals surface area contributed by atoms with Crippen molar-refractivity contribution in [3.8, 4) is 62.1 Å². The first kappa shape index (κ1) is 82.5. The summed E-state index contributed by atoms with van der Waals surface area (Å²) >= 11 is 0. The van der Waals surface area contributed by atoms with Crippen molar-refractivity contribution in [3.05, 3.63) is 305 Å². The van der Waals surface area contributed by atoms with E-state index in [1.807, 2.05) is 153 Å². The van der Waals surface area contributed by atoms with Crippen molar-refractivity contribution >= 4 is 67.2 Å². The lowest BCUT2D eigenvalue weighted by atomic mass is 9.96. The molecule has 0 atom stereocenters. The molecule has 626 valence electrons. The number of benzene rings is 11. The van der Waals surface area contributed by atoms with Gasteiger partial charge in [0.2, 0.25) is 0 Å². The SMILES string of the molecule is CCOc1cc(C(=O)N(C)Cc2cccc3cn[nH]c23)ccc1OC1CCC1.CN(Cc1c(F)cc(F)c2cn[nH]c12)C(=O)c1ccc(-c2ccccc2)c(OC2CC2)c1.CN(Cc1ccc(F)c2cn[nH]c12)C(=O)c1cc(F)c(-c2ccccc2)c(OC2CC2)c1.CN(Cc1cccc2cn[nH]c12)C(=O)c1cc(F)c(-c2ccccc2)c(OC2CC2)c1. The number of hydrogen-bond acceptors (Lipinski definition) is 13. The number of amides is 4. The topological polar surface area (TPSA) is 242 Å². The monoisotopic (exact) mass is 1660 g/mol. The second-order valence-electron chi connectivity index (χ2n) is 31.2. The first-order chi connectivity index (χ1) is 59.8. The lowest BCUT2D eigenvalue weighted by molar-refractivity contribution is 0.0777. The van der Waals surface area contributed by atoms with Crippen LogP contribution < -0.4 is 23.7 Å². The zero-order valence-corrected chi connectivity index (χ0v) is 68.3. The summed E-state index contributed by atoms with van der Waals surface area (Å²) in [4.78, 5) is 58.6. The maximum Gasteiger partial charge on any atom is 0.254 e. The predicted molar refractivity (Wildman–Crippen MR) is 460 cm³/mol. The van der Waals surface area contributed by atoms with Crippen molar-refractivity contribution in [2.24, 2.45) is 0 Å². The number of halogens is 5. The van der Waals surface area contributed by atoms with Gasteiger partial charge in [-0.2, -0.15) is 20.4 Å². The molecule has 4 fully saturated rings. The normalized spacial score (nSPS) is 13.5. The molecule has 4 amide bonds. The lowest BCUT2D eigenvalue weighted by Crippen LogP contribution is -2.27. The number of hydrogen-bond donors (Lipinski definition) is 4. The van der Waals surface area contributed by atoms with E-state index in [0.717, 1.165) is 107 Å². The molecule has 19 rings (SSSR count). The number of aromatic amines is 4. The van der Waals surface area contributed by atoms with Gasteiger partial charge in [-0.25, -0.2) is 22.0 Å². The maximum absolute atomic E-state index is 15.2. The Kier molecular flexibility index (Phi) is 24.7. The minimum atomic E-state index is -0.726. The Bertz CT molecular complexity index is 6350. The molecule has 0 unspecified atom stereocenters. The van der Waals surface area contributed by atoms with Crippen LogP contribution in [0.5, 0.6) is 28.7 Å². The van der Waals surface area contributed by atoms with Crippen LogP contribution >= 0.6 is 0 Å². The van der Waals surface area contributed by atoms with E-state index in [0.29, 0.717) is 92.7 Å². The minimum absolute atomic E-state index is 0.0388. The molecule has 4 N–H and O–H groups in total. The highest BCUT2D eigenvalue weighted by atomic mass is 19.1. The number of aromatic nitrogens is 8. The highest BCUT2D eigenvalue weighted by Crippen LogP contribution is 2.42. The van der Waals surface area contributed by atoms with Gasteiger partial charge in [0.15, 0.2) is 11.5 Å². The molecule has 4 saturated carbocycles. The first-order valence-electron chi connectivity index (χ1n) is 40.9. The Morgan fingerprint density at radius 3 is 1.24 bits per heavy atom. The van der Waals surface area contributed by atoms with E-state index in [-0.39, 0.29) is 94.5 Å². The van der Waals surface area contributed by atoms with Gasteiger partial charge in [0.1, 0.15) is 46.3 Å². The molecule has 0 bridgehead atoms. The summed E-state index contributed by atoms with van der Waals surface area (Å²) in [5, 5.41) is 29.8. The van der Waals surface area contributed by atoms with Gasteiger partial charge in [-0.05, 0) is 165 Å². The van der Waals surface area contributed by atoms with Crippen LogP contribution in [0.15, 0.2) is 231 Å². The molecular formula is C97H89F5N12O9. The number of ether oxygens (including phenoxy) is 5. The van der Waals surface area contributed by atoms with E-state index in [1.165, 1.54) is 46.8 Å². The van der Waals surface area contributed by atoms with E-state index in [9.17, 15) is 32.3 Å². The van der Waals surface area contributed by atoms with Gasteiger partial charge in [-0.15, -0.1) is 0 Å². The standard InChI is InChI=1S/2C25H21F2N3O2.C25H22FN3O2.C22H25N3O3/c1-30(14-16-7-10-20(26)19-13-28-29-24(16)19)25(31)17-11-21(27)23(15-5-3-2-4-6-15)22(12-17)32-18-8-9-18;1-30(14-20-22(27)12-21(26)19-13-28-29-24(19)20)25(31)16-7-10-18(15-5-3-2-4-6-15)23(11-16)32-17-8-9-17;1-29(15-18-9-5-8-17-14-27-28-24(17)18)25(30)19-12-21(26)23(16-6-3-2-4-7-16)22(13-19)31-20-10-11-20;1-3-27-20-12-15(10-11-19(20)28-18-8-5-9-18)22(26)25(2)14-17-7-4-6-16-13-23-24-21(16)17/h2-7,10-13,18H,8-9,14H2,1H3,(H,28,29);2-7,10-13,17H,8-9,14H2,1H3,(H,28,29);2-9,12-14,20H,10-11,15H2,1H3,(H,27,28);4,6-7,10-13,18H,3,5,8-9,14H2,1-2H3,(H,23,24). The highest BCUT2D eigenvalue weighted by Gasteiger charge is 2.32. The second-order valence-corrected chi connectivity index (χ2v) is 31.2. The Hall–Kier alpha value is -14.2. The zero-order valence-electron chi connectivity index (χ0n) is 68.3. The summed E-state index contributed by atoms with van der Waals surface area (Å²) < 4.78 is 103. The van der Waals surface area contributed by atoms with E-state index in [2.05, 4.69) is 40.8 Å². The van der Waals surface area contributed by atoms with Gasteiger partial charge in [-0.1, -0.05) is 133 Å². The number of rotatable bonds is 25. The number of H-pyrrole nitrogens is 4. The molecule has 4 aliphatic carbocycles. The molecule has 0 radical (unpaired) electrons. The van der Waals surface area contributed by atoms with Gasteiger partial charge in [0, 0.05) is 98.0 Å². The molecule has 0 aliphatic heterocycles. The van der Waals surface area contributed by atoms with Crippen molar-refractivity contribution in [1.82, 2.24) is 60.4 Å². The molecule has 0 spiro atoms. The molecule has 4 heterocycles. The third kappa shape index (κ3) is 19.2. The number of nitrogens with one attached hydrogen (secondary N) is 4. The minimum Gasteiger partial charge on any atom is -0.490 e. The van der Waals surface area contributed by atoms with Gasteiger partial charge in [0.25, 0.3) is 23.6 Å². The van der Waals surface area contributed by atoms with Crippen molar-refractivity contribution < 1.29 is 64.8 Å². The average molecular weight is 1660 g/mol. The van der Waals surface area contributed by atoms with Gasteiger partial charge in [-0.3, -0.25) is 39.6 Å². The van der Waals surface area contributed by atoms with Gasteiger partial charge < -0.3 is 43.3 Å². The fourth-order valence-corrected chi connectivity index (χ4v) is 14.7. The van der Waals surface area contributed by atoms with Crippen molar-refractivity contribution in [3.63, 3.8) is 0 Å². The summed E-state index contributed by atoms with van der Waals surface area (Å²) in [6.07, 6.45) is 15.9. The molecule has 21 nitrogen and oxygen atoms in total. The third-order valence-corrected chi connectivity index (χ3v) is 21.8. The lowest BCUT2D eigenvalue weighted by Gasteiger charge is -2.27. The first-order valence-corrected chi connectivity index (χ1v) is 40.9.